The maximum atomic E-state index is 11.1. The highest BCUT2D eigenvalue weighted by Crippen LogP contribution is 2.32. The van der Waals surface area contributed by atoms with Crippen molar-refractivity contribution in [3.63, 3.8) is 0 Å². The lowest BCUT2D eigenvalue weighted by Crippen LogP contribution is -2.49. The van der Waals surface area contributed by atoms with Crippen LogP contribution in [0.15, 0.2) is 12.1 Å². The zero-order chi connectivity index (χ0) is 16.2. The predicted octanol–water partition coefficient (Wildman–Crippen LogP) is 1.57. The quantitative estimate of drug-likeness (QED) is 0.449. The van der Waals surface area contributed by atoms with Gasteiger partial charge in [0.25, 0.3) is 0 Å². The molecule has 1 rings (SSSR count). The lowest BCUT2D eigenvalue weighted by atomic mass is 9.97. The van der Waals surface area contributed by atoms with Crippen molar-refractivity contribution < 1.29 is 14.5 Å². The van der Waals surface area contributed by atoms with E-state index in [2.05, 4.69) is 0 Å². The molecule has 7 heteroatoms. The van der Waals surface area contributed by atoms with Crippen LogP contribution in [0.1, 0.15) is 30.9 Å². The van der Waals surface area contributed by atoms with E-state index in [1.165, 1.54) is 6.07 Å². The first kappa shape index (κ1) is 16.9. The third kappa shape index (κ3) is 4.42. The van der Waals surface area contributed by atoms with E-state index in [0.717, 1.165) is 5.56 Å². The Morgan fingerprint density at radius 1 is 1.43 bits per heavy atom. The van der Waals surface area contributed by atoms with E-state index >= 15 is 0 Å². The Morgan fingerprint density at radius 3 is 2.57 bits per heavy atom. The molecule has 21 heavy (non-hydrogen) atoms. The van der Waals surface area contributed by atoms with Crippen LogP contribution in [0.3, 0.4) is 0 Å². The van der Waals surface area contributed by atoms with Gasteiger partial charge in [0.05, 0.1) is 17.1 Å². The highest BCUT2D eigenvalue weighted by molar-refractivity contribution is 5.83. The molecule has 0 saturated heterocycles. The minimum absolute atomic E-state index is 0.0575. The molecule has 0 aliphatic heterocycles. The summed E-state index contributed by atoms with van der Waals surface area (Å²) in [5, 5.41) is 11.1. The van der Waals surface area contributed by atoms with E-state index in [1.807, 2.05) is 6.07 Å². The van der Waals surface area contributed by atoms with E-state index < -0.39 is 16.4 Å². The SMILES string of the molecule is Cc1cc(C)c(OCCCC(C)(N)C(N)=O)c([N+](=O)[O-])c1. The zero-order valence-electron chi connectivity index (χ0n) is 12.5. The predicted molar refractivity (Wildman–Crippen MR) is 79.1 cm³/mol. The van der Waals surface area contributed by atoms with Gasteiger partial charge < -0.3 is 16.2 Å². The van der Waals surface area contributed by atoms with Crippen LogP contribution in [-0.2, 0) is 4.79 Å². The molecule has 0 bridgehead atoms. The van der Waals surface area contributed by atoms with Gasteiger partial charge in [-0.25, -0.2) is 0 Å². The number of nitro groups is 1. The smallest absolute Gasteiger partial charge is 0.311 e. The van der Waals surface area contributed by atoms with Crippen molar-refractivity contribution in [1.82, 2.24) is 0 Å². The molecule has 116 valence electrons. The molecule has 7 nitrogen and oxygen atoms in total. The summed E-state index contributed by atoms with van der Waals surface area (Å²) in [4.78, 5) is 21.7. The summed E-state index contributed by atoms with van der Waals surface area (Å²) in [5.41, 5.74) is 11.2. The first-order valence-corrected chi connectivity index (χ1v) is 6.62. The largest absolute Gasteiger partial charge is 0.487 e. The number of benzene rings is 1. The summed E-state index contributed by atoms with van der Waals surface area (Å²) in [6.07, 6.45) is 0.821. The van der Waals surface area contributed by atoms with Gasteiger partial charge in [0, 0.05) is 6.07 Å². The van der Waals surface area contributed by atoms with Crippen molar-refractivity contribution in [2.75, 3.05) is 6.61 Å². The Balaban J connectivity index is 2.72. The van der Waals surface area contributed by atoms with Gasteiger partial charge >= 0.3 is 5.69 Å². The molecular formula is C14H21N3O4. The Kier molecular flexibility index (Phi) is 5.26. The van der Waals surface area contributed by atoms with Gasteiger partial charge in [-0.2, -0.15) is 0 Å². The standard InChI is InChI=1S/C14H21N3O4/c1-9-7-10(2)12(11(8-9)17(19)20)21-6-4-5-14(3,16)13(15)18/h7-8H,4-6,16H2,1-3H3,(H2,15,18). The van der Waals surface area contributed by atoms with Crippen molar-refractivity contribution in [2.24, 2.45) is 11.5 Å². The second-order valence-electron chi connectivity index (χ2n) is 5.42. The van der Waals surface area contributed by atoms with Crippen LogP contribution in [0, 0.1) is 24.0 Å². The van der Waals surface area contributed by atoms with Crippen molar-refractivity contribution in [3.05, 3.63) is 33.4 Å². The maximum Gasteiger partial charge on any atom is 0.311 e. The van der Waals surface area contributed by atoms with E-state index in [1.54, 1.807) is 20.8 Å². The fourth-order valence-electron chi connectivity index (χ4n) is 1.99. The topological polar surface area (TPSA) is 121 Å². The summed E-state index contributed by atoms with van der Waals surface area (Å²) in [6.45, 7) is 5.32. The molecule has 4 N–H and O–H groups in total. The van der Waals surface area contributed by atoms with E-state index in [4.69, 9.17) is 16.2 Å². The maximum absolute atomic E-state index is 11.1. The van der Waals surface area contributed by atoms with Gasteiger partial charge in [-0.15, -0.1) is 0 Å². The van der Waals surface area contributed by atoms with Gasteiger partial charge in [-0.3, -0.25) is 14.9 Å². The molecule has 0 saturated carbocycles. The number of hydrogen-bond donors (Lipinski definition) is 2. The van der Waals surface area contributed by atoms with Crippen LogP contribution in [0.25, 0.3) is 0 Å². The molecule has 0 fully saturated rings. The monoisotopic (exact) mass is 295 g/mol. The minimum Gasteiger partial charge on any atom is -0.487 e. The zero-order valence-corrected chi connectivity index (χ0v) is 12.5. The van der Waals surface area contributed by atoms with Crippen LogP contribution >= 0.6 is 0 Å². The first-order valence-electron chi connectivity index (χ1n) is 6.62. The van der Waals surface area contributed by atoms with Crippen LogP contribution in [0.2, 0.25) is 0 Å². The van der Waals surface area contributed by atoms with Gasteiger partial charge in [-0.05, 0) is 44.7 Å². The van der Waals surface area contributed by atoms with Gasteiger partial charge in [-0.1, -0.05) is 6.07 Å². The van der Waals surface area contributed by atoms with E-state index in [-0.39, 0.29) is 18.0 Å². The Labute approximate surface area is 123 Å². The van der Waals surface area contributed by atoms with Crippen molar-refractivity contribution in [2.45, 2.75) is 39.2 Å². The second kappa shape index (κ2) is 6.53. The Morgan fingerprint density at radius 2 is 2.05 bits per heavy atom. The number of primary amides is 1. The normalized spacial score (nSPS) is 13.5. The molecular weight excluding hydrogens is 274 g/mol. The average molecular weight is 295 g/mol. The number of aryl methyl sites for hydroxylation is 2. The number of amides is 1. The number of nitrogens with zero attached hydrogens (tertiary/aromatic N) is 1. The lowest BCUT2D eigenvalue weighted by Gasteiger charge is -2.20. The average Bonchev–Trinajstić information content (AvgIpc) is 2.35. The molecule has 1 aromatic rings. The van der Waals surface area contributed by atoms with Crippen LogP contribution in [0.4, 0.5) is 5.69 Å². The van der Waals surface area contributed by atoms with Crippen molar-refractivity contribution in [1.29, 1.82) is 0 Å². The highest BCUT2D eigenvalue weighted by Gasteiger charge is 2.25. The highest BCUT2D eigenvalue weighted by atomic mass is 16.6. The second-order valence-corrected chi connectivity index (χ2v) is 5.42. The lowest BCUT2D eigenvalue weighted by molar-refractivity contribution is -0.386. The van der Waals surface area contributed by atoms with Crippen LogP contribution < -0.4 is 16.2 Å². The third-order valence-corrected chi connectivity index (χ3v) is 3.25. The molecule has 0 aromatic heterocycles. The van der Waals surface area contributed by atoms with Gasteiger partial charge in [0.15, 0.2) is 5.75 Å². The van der Waals surface area contributed by atoms with Crippen LogP contribution in [0.5, 0.6) is 5.75 Å². The first-order chi connectivity index (χ1) is 9.65. The molecule has 1 aromatic carbocycles. The Hall–Kier alpha value is -2.15. The number of rotatable bonds is 7. The molecule has 0 heterocycles. The van der Waals surface area contributed by atoms with Crippen LogP contribution in [-0.4, -0.2) is 23.0 Å². The summed E-state index contributed by atoms with van der Waals surface area (Å²) in [7, 11) is 0. The summed E-state index contributed by atoms with van der Waals surface area (Å²) >= 11 is 0. The minimum atomic E-state index is -1.10. The van der Waals surface area contributed by atoms with E-state index in [9.17, 15) is 14.9 Å². The molecule has 0 radical (unpaired) electrons. The molecule has 0 aliphatic carbocycles. The van der Waals surface area contributed by atoms with E-state index in [0.29, 0.717) is 18.4 Å². The molecule has 0 spiro atoms. The van der Waals surface area contributed by atoms with Gasteiger partial charge in [0.1, 0.15) is 0 Å². The summed E-state index contributed by atoms with van der Waals surface area (Å²) in [5.74, 6) is -0.330. The van der Waals surface area contributed by atoms with Gasteiger partial charge in [0.2, 0.25) is 5.91 Å². The molecule has 1 atom stereocenters. The number of nitrogens with two attached hydrogens (primary N) is 2. The summed E-state index contributed by atoms with van der Waals surface area (Å²) < 4.78 is 5.51. The molecule has 1 amide bonds. The number of carbonyl (C=O) groups is 1. The number of carbonyl (C=O) groups excluding carboxylic acids is 1. The van der Waals surface area contributed by atoms with Crippen molar-refractivity contribution >= 4 is 11.6 Å². The molecule has 0 aliphatic rings. The number of ether oxygens (including phenoxy) is 1. The molecule has 1 unspecified atom stereocenters. The number of nitro benzene ring substituents is 1. The fraction of sp³-hybridized carbons (Fsp3) is 0.500. The fourth-order valence-corrected chi connectivity index (χ4v) is 1.99. The Bertz CT molecular complexity index is 555. The number of hydrogen-bond acceptors (Lipinski definition) is 5. The summed E-state index contributed by atoms with van der Waals surface area (Å²) in [6, 6.07) is 3.29. The van der Waals surface area contributed by atoms with Crippen molar-refractivity contribution in [3.8, 4) is 5.75 Å². The third-order valence-electron chi connectivity index (χ3n) is 3.25.